The van der Waals surface area contributed by atoms with Crippen molar-refractivity contribution in [1.29, 1.82) is 0 Å². The van der Waals surface area contributed by atoms with Crippen molar-refractivity contribution in [3.8, 4) is 0 Å². The first-order valence-corrected chi connectivity index (χ1v) is 6.58. The molecule has 2 nitrogen and oxygen atoms in total. The Morgan fingerprint density at radius 3 is 2.69 bits per heavy atom. The average Bonchev–Trinajstić information content (AvgIpc) is 2.28. The lowest BCUT2D eigenvalue weighted by molar-refractivity contribution is -0.120. The maximum absolute atomic E-state index is 11.3. The van der Waals surface area contributed by atoms with Gasteiger partial charge >= 0.3 is 0 Å². The number of rotatable bonds is 7. The molecular weight excluding hydrogens is 220 g/mol. The lowest BCUT2D eigenvalue weighted by Crippen LogP contribution is -2.15. The number of aliphatic hydroxyl groups is 1. The minimum atomic E-state index is -0.524. The average molecular weight is 238 g/mol. The van der Waals surface area contributed by atoms with E-state index in [0.717, 1.165) is 11.3 Å². The van der Waals surface area contributed by atoms with Crippen LogP contribution in [0.25, 0.3) is 0 Å². The molecule has 0 amide bonds. The number of hydrogen-bond donors (Lipinski definition) is 1. The fourth-order valence-electron chi connectivity index (χ4n) is 1.41. The summed E-state index contributed by atoms with van der Waals surface area (Å²) in [5.41, 5.74) is 0. The van der Waals surface area contributed by atoms with Gasteiger partial charge in [-0.2, -0.15) is 0 Å². The molecule has 0 bridgehead atoms. The Morgan fingerprint density at radius 1 is 1.38 bits per heavy atom. The Bertz CT molecular complexity index is 311. The Morgan fingerprint density at radius 2 is 2.06 bits per heavy atom. The monoisotopic (exact) mass is 238 g/mol. The van der Waals surface area contributed by atoms with Crippen molar-refractivity contribution in [2.24, 2.45) is 0 Å². The molecule has 1 unspecified atom stereocenters. The zero-order valence-corrected chi connectivity index (χ0v) is 10.4. The van der Waals surface area contributed by atoms with Crippen molar-refractivity contribution in [1.82, 2.24) is 0 Å². The number of benzene rings is 1. The lowest BCUT2D eigenvalue weighted by atomic mass is 10.1. The van der Waals surface area contributed by atoms with Crippen LogP contribution in [-0.4, -0.2) is 22.7 Å². The van der Waals surface area contributed by atoms with E-state index >= 15 is 0 Å². The van der Waals surface area contributed by atoms with Gasteiger partial charge in [-0.15, -0.1) is 11.8 Å². The molecule has 0 aliphatic carbocycles. The number of thioether (sulfide) groups is 1. The quantitative estimate of drug-likeness (QED) is 0.742. The molecule has 0 heterocycles. The molecule has 1 aromatic carbocycles. The van der Waals surface area contributed by atoms with Crippen LogP contribution in [0.4, 0.5) is 0 Å². The van der Waals surface area contributed by atoms with Gasteiger partial charge in [0.2, 0.25) is 0 Å². The van der Waals surface area contributed by atoms with Gasteiger partial charge in [0.25, 0.3) is 0 Å². The van der Waals surface area contributed by atoms with Crippen LogP contribution in [0.15, 0.2) is 35.2 Å². The molecule has 16 heavy (non-hydrogen) atoms. The van der Waals surface area contributed by atoms with E-state index in [4.69, 9.17) is 0 Å². The molecule has 3 heteroatoms. The van der Waals surface area contributed by atoms with Crippen LogP contribution in [0.2, 0.25) is 0 Å². The minimum absolute atomic E-state index is 0.156. The second-order valence-electron chi connectivity index (χ2n) is 3.77. The van der Waals surface area contributed by atoms with E-state index in [2.05, 4.69) is 0 Å². The van der Waals surface area contributed by atoms with E-state index < -0.39 is 6.10 Å². The third-order valence-electron chi connectivity index (χ3n) is 2.18. The summed E-state index contributed by atoms with van der Waals surface area (Å²) < 4.78 is 0. The van der Waals surface area contributed by atoms with E-state index in [1.54, 1.807) is 11.8 Å². The summed E-state index contributed by atoms with van der Waals surface area (Å²) in [7, 11) is 0. The molecule has 0 saturated heterocycles. The summed E-state index contributed by atoms with van der Waals surface area (Å²) in [6.45, 7) is 1.98. The molecule has 1 atom stereocenters. The van der Waals surface area contributed by atoms with Crippen molar-refractivity contribution in [3.05, 3.63) is 30.3 Å². The molecule has 0 aliphatic rings. The Labute approximate surface area is 101 Å². The summed E-state index contributed by atoms with van der Waals surface area (Å²) in [4.78, 5) is 12.4. The van der Waals surface area contributed by atoms with Crippen LogP contribution in [0.3, 0.4) is 0 Å². The highest BCUT2D eigenvalue weighted by molar-refractivity contribution is 7.99. The standard InChI is InChI=1S/C13H18O2S/c1-2-6-11(14)9-12(15)10-16-13-7-4-3-5-8-13/h3-5,7-8,12,15H,2,6,9-10H2,1H3. The SMILES string of the molecule is CCCC(=O)CC(O)CSc1ccccc1. The van der Waals surface area contributed by atoms with Crippen LogP contribution in [0.5, 0.6) is 0 Å². The van der Waals surface area contributed by atoms with Crippen LogP contribution in [0, 0.1) is 0 Å². The summed E-state index contributed by atoms with van der Waals surface area (Å²) in [6.07, 6.45) is 1.20. The number of carbonyl (C=O) groups is 1. The van der Waals surface area contributed by atoms with Gasteiger partial charge in [0.15, 0.2) is 0 Å². The van der Waals surface area contributed by atoms with Gasteiger partial charge in [-0.3, -0.25) is 4.79 Å². The van der Waals surface area contributed by atoms with Crippen LogP contribution in [-0.2, 0) is 4.79 Å². The predicted octanol–water partition coefficient (Wildman–Crippen LogP) is 2.90. The summed E-state index contributed by atoms with van der Waals surface area (Å²) >= 11 is 1.59. The van der Waals surface area contributed by atoms with E-state index in [-0.39, 0.29) is 12.2 Å². The normalized spacial score (nSPS) is 12.4. The maximum atomic E-state index is 11.3. The Balaban J connectivity index is 2.25. The Kier molecular flexibility index (Phi) is 6.19. The molecular formula is C13H18O2S. The highest BCUT2D eigenvalue weighted by Gasteiger charge is 2.10. The molecule has 1 aromatic rings. The predicted molar refractivity (Wildman–Crippen MR) is 67.7 cm³/mol. The van der Waals surface area contributed by atoms with Gasteiger partial charge in [0, 0.05) is 23.5 Å². The second kappa shape index (κ2) is 7.47. The van der Waals surface area contributed by atoms with Crippen LogP contribution >= 0.6 is 11.8 Å². The van der Waals surface area contributed by atoms with E-state index in [9.17, 15) is 9.90 Å². The first kappa shape index (κ1) is 13.3. The summed E-state index contributed by atoms with van der Waals surface area (Å²) in [5.74, 6) is 0.739. The molecule has 1 rings (SSSR count). The third-order valence-corrected chi connectivity index (χ3v) is 3.33. The number of ketones is 1. The molecule has 1 N–H and O–H groups in total. The summed E-state index contributed by atoms with van der Waals surface area (Å²) in [6, 6.07) is 9.91. The first-order chi connectivity index (χ1) is 7.72. The Hall–Kier alpha value is -0.800. The van der Waals surface area contributed by atoms with Gasteiger partial charge in [-0.1, -0.05) is 25.1 Å². The number of hydrogen-bond acceptors (Lipinski definition) is 3. The molecule has 0 spiro atoms. The van der Waals surface area contributed by atoms with Gasteiger partial charge in [-0.05, 0) is 18.6 Å². The fourth-order valence-corrected chi connectivity index (χ4v) is 2.26. The first-order valence-electron chi connectivity index (χ1n) is 5.60. The van der Waals surface area contributed by atoms with Gasteiger partial charge in [0.1, 0.15) is 5.78 Å². The van der Waals surface area contributed by atoms with Crippen LogP contribution in [0.1, 0.15) is 26.2 Å². The molecule has 0 fully saturated rings. The van der Waals surface area contributed by atoms with Gasteiger partial charge < -0.3 is 5.11 Å². The van der Waals surface area contributed by atoms with E-state index in [0.29, 0.717) is 12.2 Å². The van der Waals surface area contributed by atoms with Gasteiger partial charge in [-0.25, -0.2) is 0 Å². The molecule has 0 aromatic heterocycles. The maximum Gasteiger partial charge on any atom is 0.135 e. The second-order valence-corrected chi connectivity index (χ2v) is 4.86. The largest absolute Gasteiger partial charge is 0.392 e. The summed E-state index contributed by atoms with van der Waals surface area (Å²) in [5, 5.41) is 9.67. The topological polar surface area (TPSA) is 37.3 Å². The van der Waals surface area contributed by atoms with Crippen molar-refractivity contribution in [2.75, 3.05) is 5.75 Å². The fraction of sp³-hybridized carbons (Fsp3) is 0.462. The smallest absolute Gasteiger partial charge is 0.135 e. The van der Waals surface area contributed by atoms with E-state index in [1.807, 2.05) is 37.3 Å². The zero-order valence-electron chi connectivity index (χ0n) is 9.56. The third kappa shape index (κ3) is 5.33. The number of aliphatic hydroxyl groups excluding tert-OH is 1. The zero-order chi connectivity index (χ0) is 11.8. The lowest BCUT2D eigenvalue weighted by Gasteiger charge is -2.08. The van der Waals surface area contributed by atoms with Crippen LogP contribution < -0.4 is 0 Å². The van der Waals surface area contributed by atoms with Gasteiger partial charge in [0.05, 0.1) is 6.10 Å². The molecule has 0 saturated carbocycles. The molecule has 0 aliphatic heterocycles. The number of Topliss-reactive ketones (excluding diaryl/α,β-unsaturated/α-hetero) is 1. The number of carbonyl (C=O) groups excluding carboxylic acids is 1. The highest BCUT2D eigenvalue weighted by Crippen LogP contribution is 2.18. The van der Waals surface area contributed by atoms with Crippen molar-refractivity contribution < 1.29 is 9.90 Å². The highest BCUT2D eigenvalue weighted by atomic mass is 32.2. The van der Waals surface area contributed by atoms with Crippen molar-refractivity contribution >= 4 is 17.5 Å². The van der Waals surface area contributed by atoms with E-state index in [1.165, 1.54) is 0 Å². The van der Waals surface area contributed by atoms with Crippen molar-refractivity contribution in [3.63, 3.8) is 0 Å². The molecule has 0 radical (unpaired) electrons. The molecule has 88 valence electrons. The van der Waals surface area contributed by atoms with Crippen molar-refractivity contribution in [2.45, 2.75) is 37.2 Å². The minimum Gasteiger partial charge on any atom is -0.392 e.